The summed E-state index contributed by atoms with van der Waals surface area (Å²) in [6.45, 7) is 0.856. The molecule has 0 saturated carbocycles. The van der Waals surface area contributed by atoms with Crippen LogP contribution in [0, 0.1) is 36.0 Å². The molecule has 26 heavy (non-hydrogen) atoms. The third-order valence-electron chi connectivity index (χ3n) is 3.60. The van der Waals surface area contributed by atoms with E-state index in [1.165, 1.54) is 0 Å². The van der Waals surface area contributed by atoms with Crippen LogP contribution in [0.15, 0.2) is 33.7 Å². The van der Waals surface area contributed by atoms with Gasteiger partial charge in [0.15, 0.2) is 17.4 Å². The average molecular weight is 370 g/mol. The number of hydrogen-bond donors (Lipinski definition) is 0. The van der Waals surface area contributed by atoms with Crippen LogP contribution in [0.3, 0.4) is 0 Å². The molecule has 0 spiro atoms. The Morgan fingerprint density at radius 2 is 1.65 bits per heavy atom. The highest BCUT2D eigenvalue weighted by Crippen LogP contribution is 2.30. The summed E-state index contributed by atoms with van der Waals surface area (Å²) < 4.78 is 76.3. The monoisotopic (exact) mass is 370 g/mol. The van der Waals surface area contributed by atoms with E-state index in [4.69, 9.17) is 4.42 Å². The normalized spacial score (nSPS) is 11.0. The van der Waals surface area contributed by atoms with E-state index in [2.05, 4.69) is 4.74 Å². The summed E-state index contributed by atoms with van der Waals surface area (Å²) in [5, 5.41) is -0.172. The van der Waals surface area contributed by atoms with Gasteiger partial charge in [0.2, 0.25) is 17.1 Å². The second-order valence-electron chi connectivity index (χ2n) is 5.22. The van der Waals surface area contributed by atoms with Crippen LogP contribution >= 0.6 is 0 Å². The number of fused-ring (bicyclic) bond motifs is 1. The van der Waals surface area contributed by atoms with Gasteiger partial charge in [-0.2, -0.15) is 4.39 Å². The molecule has 0 atom stereocenters. The smallest absolute Gasteiger partial charge is 0.350 e. The fourth-order valence-electron chi connectivity index (χ4n) is 2.23. The fraction of sp³-hybridized carbons (Fsp3) is 0.0588. The van der Waals surface area contributed by atoms with E-state index in [1.54, 1.807) is 0 Å². The Hall–Kier alpha value is -3.23. The SMILES string of the molecule is Cc1c(F)c(F)c(F)c(F)c1OC(=O)c1coc2cc(F)ccc2c1=O. The van der Waals surface area contributed by atoms with Crippen molar-refractivity contribution in [3.05, 3.63) is 74.9 Å². The van der Waals surface area contributed by atoms with Gasteiger partial charge in [0.1, 0.15) is 23.2 Å². The minimum atomic E-state index is -2.17. The molecule has 0 unspecified atom stereocenters. The highest BCUT2D eigenvalue weighted by molar-refractivity contribution is 5.94. The molecule has 1 aromatic heterocycles. The van der Waals surface area contributed by atoms with E-state index in [-0.39, 0.29) is 11.0 Å². The second kappa shape index (κ2) is 6.25. The van der Waals surface area contributed by atoms with Gasteiger partial charge in [0.25, 0.3) is 0 Å². The molecule has 3 rings (SSSR count). The summed E-state index contributed by atoms with van der Waals surface area (Å²) in [5.74, 6) is -11.3. The maximum Gasteiger partial charge on any atom is 0.350 e. The zero-order valence-electron chi connectivity index (χ0n) is 12.8. The van der Waals surface area contributed by atoms with E-state index in [0.717, 1.165) is 25.1 Å². The third-order valence-corrected chi connectivity index (χ3v) is 3.60. The largest absolute Gasteiger partial charge is 0.463 e. The Balaban J connectivity index is 2.07. The second-order valence-corrected chi connectivity index (χ2v) is 5.22. The average Bonchev–Trinajstić information content (AvgIpc) is 2.62. The molecular weight excluding hydrogens is 363 g/mol. The molecule has 0 bridgehead atoms. The zero-order chi connectivity index (χ0) is 19.2. The Bertz CT molecular complexity index is 1090. The van der Waals surface area contributed by atoms with E-state index in [9.17, 15) is 31.5 Å². The lowest BCUT2D eigenvalue weighted by atomic mass is 10.1. The van der Waals surface area contributed by atoms with Crippen molar-refractivity contribution in [3.8, 4) is 5.75 Å². The van der Waals surface area contributed by atoms with Crippen LogP contribution in [0.25, 0.3) is 11.0 Å². The fourth-order valence-corrected chi connectivity index (χ4v) is 2.23. The Morgan fingerprint density at radius 1 is 1.00 bits per heavy atom. The first-order valence-corrected chi connectivity index (χ1v) is 6.98. The van der Waals surface area contributed by atoms with E-state index in [1.807, 2.05) is 0 Å². The van der Waals surface area contributed by atoms with Gasteiger partial charge in [-0.25, -0.2) is 22.4 Å². The lowest BCUT2D eigenvalue weighted by Gasteiger charge is -2.10. The van der Waals surface area contributed by atoms with E-state index < -0.39 is 57.4 Å². The quantitative estimate of drug-likeness (QED) is 0.225. The molecule has 0 aliphatic rings. The summed E-state index contributed by atoms with van der Waals surface area (Å²) >= 11 is 0. The topological polar surface area (TPSA) is 56.5 Å². The molecule has 0 aliphatic heterocycles. The van der Waals surface area contributed by atoms with Gasteiger partial charge >= 0.3 is 5.97 Å². The predicted octanol–water partition coefficient (Wildman–Crippen LogP) is 4.02. The maximum atomic E-state index is 13.8. The van der Waals surface area contributed by atoms with Crippen molar-refractivity contribution < 1.29 is 35.9 Å². The first-order chi connectivity index (χ1) is 12.2. The number of hydrogen-bond acceptors (Lipinski definition) is 4. The molecule has 2 aromatic carbocycles. The standard InChI is InChI=1S/C17H7F5O4/c1-6-11(19)12(20)13(21)14(22)16(6)26-17(24)9-5-25-10-4-7(18)2-3-8(10)15(9)23/h2-5H,1H3. The van der Waals surface area contributed by atoms with Gasteiger partial charge in [-0.3, -0.25) is 4.79 Å². The lowest BCUT2D eigenvalue weighted by Crippen LogP contribution is -2.21. The number of esters is 1. The molecule has 1 heterocycles. The Kier molecular flexibility index (Phi) is 4.23. The highest BCUT2D eigenvalue weighted by Gasteiger charge is 2.27. The summed E-state index contributed by atoms with van der Waals surface area (Å²) in [4.78, 5) is 24.3. The van der Waals surface area contributed by atoms with Crippen LogP contribution in [0.2, 0.25) is 0 Å². The number of benzene rings is 2. The summed E-state index contributed by atoms with van der Waals surface area (Å²) in [5.41, 5.74) is -2.62. The van der Waals surface area contributed by atoms with Crippen molar-refractivity contribution in [2.45, 2.75) is 6.92 Å². The van der Waals surface area contributed by atoms with Crippen LogP contribution in [-0.4, -0.2) is 5.97 Å². The molecule has 4 nitrogen and oxygen atoms in total. The third kappa shape index (κ3) is 2.71. The van der Waals surface area contributed by atoms with E-state index in [0.29, 0.717) is 6.26 Å². The molecule has 9 heteroatoms. The first kappa shape index (κ1) is 17.6. The predicted molar refractivity (Wildman–Crippen MR) is 78.4 cm³/mol. The number of halogens is 5. The Morgan fingerprint density at radius 3 is 2.35 bits per heavy atom. The summed E-state index contributed by atoms with van der Waals surface area (Å²) in [6, 6.07) is 2.90. The maximum absolute atomic E-state index is 13.8. The van der Waals surface area contributed by atoms with Gasteiger partial charge in [-0.1, -0.05) is 0 Å². The molecule has 0 amide bonds. The van der Waals surface area contributed by atoms with Crippen LogP contribution < -0.4 is 10.2 Å². The van der Waals surface area contributed by atoms with Gasteiger partial charge in [0, 0.05) is 11.6 Å². The number of carbonyl (C=O) groups excluding carboxylic acids is 1. The number of ether oxygens (including phenoxy) is 1. The van der Waals surface area contributed by atoms with Gasteiger partial charge in [-0.15, -0.1) is 0 Å². The van der Waals surface area contributed by atoms with Crippen molar-refractivity contribution in [3.63, 3.8) is 0 Å². The number of carbonyl (C=O) groups is 1. The summed E-state index contributed by atoms with van der Waals surface area (Å²) in [7, 11) is 0. The van der Waals surface area contributed by atoms with Crippen molar-refractivity contribution >= 4 is 16.9 Å². The molecule has 0 saturated heterocycles. The minimum Gasteiger partial charge on any atom is -0.463 e. The van der Waals surface area contributed by atoms with Crippen molar-refractivity contribution in [2.24, 2.45) is 0 Å². The molecule has 0 fully saturated rings. The molecule has 3 aromatic rings. The lowest BCUT2D eigenvalue weighted by molar-refractivity contribution is 0.0720. The van der Waals surface area contributed by atoms with Crippen LogP contribution in [0.5, 0.6) is 5.75 Å². The van der Waals surface area contributed by atoms with Crippen molar-refractivity contribution in [1.82, 2.24) is 0 Å². The molecular formula is C17H7F5O4. The van der Waals surface area contributed by atoms with E-state index >= 15 is 0 Å². The highest BCUT2D eigenvalue weighted by atomic mass is 19.2. The van der Waals surface area contributed by atoms with Crippen LogP contribution in [0.4, 0.5) is 22.0 Å². The molecule has 0 radical (unpaired) electrons. The van der Waals surface area contributed by atoms with Crippen molar-refractivity contribution in [2.75, 3.05) is 0 Å². The summed E-state index contributed by atoms with van der Waals surface area (Å²) in [6.07, 6.45) is 0.635. The van der Waals surface area contributed by atoms with Gasteiger partial charge < -0.3 is 9.15 Å². The first-order valence-electron chi connectivity index (χ1n) is 6.98. The van der Waals surface area contributed by atoms with Crippen LogP contribution in [0.1, 0.15) is 15.9 Å². The van der Waals surface area contributed by atoms with Crippen LogP contribution in [-0.2, 0) is 0 Å². The van der Waals surface area contributed by atoms with Gasteiger partial charge in [-0.05, 0) is 19.1 Å². The zero-order valence-corrected chi connectivity index (χ0v) is 12.8. The molecule has 134 valence electrons. The minimum absolute atomic E-state index is 0.159. The number of rotatable bonds is 2. The molecule has 0 aliphatic carbocycles. The van der Waals surface area contributed by atoms with Crippen molar-refractivity contribution in [1.29, 1.82) is 0 Å². The van der Waals surface area contributed by atoms with Gasteiger partial charge in [0.05, 0.1) is 5.39 Å². The Labute approximate surface area is 141 Å². The molecule has 0 N–H and O–H groups in total.